The van der Waals surface area contributed by atoms with Gasteiger partial charge in [-0.15, -0.1) is 0 Å². The Morgan fingerprint density at radius 2 is 1.73 bits per heavy atom. The van der Waals surface area contributed by atoms with Crippen LogP contribution < -0.4 is 31.9 Å². The van der Waals surface area contributed by atoms with E-state index in [1.54, 1.807) is 12.1 Å². The van der Waals surface area contributed by atoms with E-state index in [9.17, 15) is 19.2 Å². The summed E-state index contributed by atoms with van der Waals surface area (Å²) in [4.78, 5) is 49.1. The molecule has 3 aromatic carbocycles. The maximum absolute atomic E-state index is 15.5. The van der Waals surface area contributed by atoms with E-state index < -0.39 is 28.7 Å². The first-order valence-corrected chi connectivity index (χ1v) is 14.5. The van der Waals surface area contributed by atoms with Gasteiger partial charge < -0.3 is 20.7 Å². The van der Waals surface area contributed by atoms with Crippen LogP contribution >= 0.6 is 0 Å². The molecule has 0 radical (unpaired) electrons. The number of aromatic nitrogens is 3. The first-order chi connectivity index (χ1) is 21.5. The van der Waals surface area contributed by atoms with Crippen molar-refractivity contribution in [2.45, 2.75) is 39.3 Å². The molecular weight excluding hydrogens is 579 g/mol. The Bertz CT molecular complexity index is 1930. The fraction of sp³-hybridized carbons (Fsp3) is 0.303. The maximum Gasteiger partial charge on any atom is 0.346 e. The highest BCUT2D eigenvalue weighted by atomic mass is 19.1. The van der Waals surface area contributed by atoms with Crippen molar-refractivity contribution in [2.75, 3.05) is 19.0 Å². The Kier molecular flexibility index (Phi) is 8.96. The Labute approximate surface area is 259 Å². The van der Waals surface area contributed by atoms with E-state index >= 15 is 4.39 Å². The molecule has 234 valence electrons. The number of aryl methyl sites for hydroxylation is 1. The van der Waals surface area contributed by atoms with Crippen molar-refractivity contribution in [1.82, 2.24) is 25.0 Å². The number of hydrogen-bond acceptors (Lipinski definition) is 7. The van der Waals surface area contributed by atoms with Gasteiger partial charge in [0.05, 0.1) is 7.11 Å². The van der Waals surface area contributed by atoms with E-state index in [-0.39, 0.29) is 18.5 Å². The summed E-state index contributed by atoms with van der Waals surface area (Å²) in [6.07, 6.45) is 1.26. The number of carbonyl (C=O) groups is 2. The highest BCUT2D eigenvalue weighted by Crippen LogP contribution is 2.37. The van der Waals surface area contributed by atoms with Crippen molar-refractivity contribution in [3.8, 4) is 28.0 Å². The minimum Gasteiger partial charge on any atom is -0.496 e. The number of carbonyl (C=O) groups excluding carboxylic acids is 2. The number of amides is 2. The molecule has 1 atom stereocenters. The first-order valence-electron chi connectivity index (χ1n) is 14.5. The summed E-state index contributed by atoms with van der Waals surface area (Å²) in [5.41, 5.74) is 3.86. The molecule has 1 aliphatic heterocycles. The van der Waals surface area contributed by atoms with Gasteiger partial charge in [0.25, 0.3) is 11.5 Å². The molecule has 2 heterocycles. The number of methoxy groups -OCH3 is 1. The Hall–Kier alpha value is -5.10. The van der Waals surface area contributed by atoms with E-state index in [0.717, 1.165) is 43.5 Å². The minimum absolute atomic E-state index is 0.0316. The predicted octanol–water partition coefficient (Wildman–Crippen LogP) is 3.20. The largest absolute Gasteiger partial charge is 0.496 e. The van der Waals surface area contributed by atoms with Gasteiger partial charge in [0.15, 0.2) is 0 Å². The van der Waals surface area contributed by atoms with Gasteiger partial charge in [-0.2, -0.15) is 5.10 Å². The number of rotatable bonds is 9. The topological polar surface area (TPSA) is 136 Å². The number of ether oxygens (including phenoxy) is 1. The lowest BCUT2D eigenvalue weighted by atomic mass is 9.90. The second-order valence-electron chi connectivity index (χ2n) is 11.1. The minimum atomic E-state index is -0.792. The average Bonchev–Trinajstić information content (AvgIpc) is 3.44. The Balaban J connectivity index is 1.42. The zero-order chi connectivity index (χ0) is 32.4. The third kappa shape index (κ3) is 6.27. The SMILES string of the molecule is COc1cc(-c2cccc(-c3cccc(NC(=O)c4nn(C)c(=O)n(C)c4=O)c3C)c2C)cc(F)c1CNC[C@H]1CCC(=O)N1. The number of anilines is 1. The molecule has 1 aliphatic rings. The summed E-state index contributed by atoms with van der Waals surface area (Å²) >= 11 is 0. The lowest BCUT2D eigenvalue weighted by molar-refractivity contribution is -0.119. The maximum atomic E-state index is 15.5. The summed E-state index contributed by atoms with van der Waals surface area (Å²) in [7, 11) is 4.16. The van der Waals surface area contributed by atoms with Gasteiger partial charge in [0, 0.05) is 50.9 Å². The molecule has 0 unspecified atom stereocenters. The molecule has 1 fully saturated rings. The fourth-order valence-electron chi connectivity index (χ4n) is 5.65. The number of nitrogens with zero attached hydrogens (tertiary/aromatic N) is 3. The third-order valence-electron chi connectivity index (χ3n) is 8.20. The van der Waals surface area contributed by atoms with Gasteiger partial charge in [-0.3, -0.25) is 19.0 Å². The van der Waals surface area contributed by atoms with Crippen LogP contribution in [0.2, 0.25) is 0 Å². The zero-order valence-electron chi connectivity index (χ0n) is 25.8. The zero-order valence-corrected chi connectivity index (χ0v) is 25.8. The van der Waals surface area contributed by atoms with Crippen LogP contribution in [0.15, 0.2) is 58.1 Å². The lowest BCUT2D eigenvalue weighted by Gasteiger charge is -2.18. The molecule has 0 saturated carbocycles. The summed E-state index contributed by atoms with van der Waals surface area (Å²) in [5.74, 6) is -0.695. The fourth-order valence-corrected chi connectivity index (χ4v) is 5.65. The van der Waals surface area contributed by atoms with Crippen molar-refractivity contribution >= 4 is 17.5 Å². The standard InChI is InChI=1S/C33H35FN6O5/c1-18-22(20-14-26(34)25(28(15-20)45-5)17-35-16-21-12-13-29(41)36-21)8-6-9-23(18)24-10-7-11-27(19(24)2)37-31(42)30-32(43)39(3)33(44)40(4)38-30/h6-11,14-15,21,35H,12-13,16-17H2,1-5H3,(H,36,41)(H,37,42)/t21-/m1/s1. The summed E-state index contributed by atoms with van der Waals surface area (Å²) in [5, 5.41) is 12.7. The van der Waals surface area contributed by atoms with Crippen LogP contribution in [0.25, 0.3) is 22.3 Å². The van der Waals surface area contributed by atoms with Crippen molar-refractivity contribution in [3.05, 3.63) is 97.6 Å². The quantitative estimate of drug-likeness (QED) is 0.264. The molecule has 1 saturated heterocycles. The van der Waals surface area contributed by atoms with Gasteiger partial charge in [0.1, 0.15) is 11.6 Å². The van der Waals surface area contributed by atoms with E-state index in [2.05, 4.69) is 21.0 Å². The average molecular weight is 615 g/mol. The molecule has 0 bridgehead atoms. The van der Waals surface area contributed by atoms with Crippen molar-refractivity contribution in [1.29, 1.82) is 0 Å². The highest BCUT2D eigenvalue weighted by Gasteiger charge is 2.22. The molecule has 45 heavy (non-hydrogen) atoms. The summed E-state index contributed by atoms with van der Waals surface area (Å²) in [6, 6.07) is 14.5. The van der Waals surface area contributed by atoms with Crippen LogP contribution in [-0.2, 0) is 25.4 Å². The molecule has 5 rings (SSSR count). The van der Waals surface area contributed by atoms with Crippen LogP contribution in [0.1, 0.15) is 40.0 Å². The van der Waals surface area contributed by atoms with Gasteiger partial charge in [0.2, 0.25) is 11.6 Å². The molecule has 11 nitrogen and oxygen atoms in total. The van der Waals surface area contributed by atoms with E-state index in [0.29, 0.717) is 35.5 Å². The summed E-state index contributed by atoms with van der Waals surface area (Å²) < 4.78 is 22.9. The Morgan fingerprint density at radius 1 is 1.04 bits per heavy atom. The molecular formula is C33H35FN6O5. The van der Waals surface area contributed by atoms with Crippen LogP contribution in [0.3, 0.4) is 0 Å². The van der Waals surface area contributed by atoms with Crippen molar-refractivity contribution in [3.63, 3.8) is 0 Å². The third-order valence-corrected chi connectivity index (χ3v) is 8.20. The molecule has 3 N–H and O–H groups in total. The van der Waals surface area contributed by atoms with E-state index in [4.69, 9.17) is 4.74 Å². The first kappa shape index (κ1) is 31.3. The number of benzene rings is 3. The van der Waals surface area contributed by atoms with E-state index in [1.807, 2.05) is 44.2 Å². The van der Waals surface area contributed by atoms with Gasteiger partial charge in [-0.25, -0.2) is 13.9 Å². The molecule has 12 heteroatoms. The second-order valence-corrected chi connectivity index (χ2v) is 11.1. The number of halogens is 1. The number of nitrogens with one attached hydrogen (secondary N) is 3. The molecule has 4 aromatic rings. The second kappa shape index (κ2) is 12.9. The molecule has 0 aliphatic carbocycles. The molecule has 2 amide bonds. The van der Waals surface area contributed by atoms with Crippen LogP contribution in [0.4, 0.5) is 10.1 Å². The lowest BCUT2D eigenvalue weighted by Crippen LogP contribution is -2.43. The van der Waals surface area contributed by atoms with Crippen molar-refractivity contribution < 1.29 is 18.7 Å². The van der Waals surface area contributed by atoms with Crippen LogP contribution in [0, 0.1) is 19.7 Å². The normalized spacial score (nSPS) is 14.4. The van der Waals surface area contributed by atoms with Crippen molar-refractivity contribution in [2.24, 2.45) is 14.1 Å². The van der Waals surface area contributed by atoms with E-state index in [1.165, 1.54) is 27.3 Å². The van der Waals surface area contributed by atoms with Gasteiger partial charge in [-0.05, 0) is 71.8 Å². The smallest absolute Gasteiger partial charge is 0.346 e. The molecule has 0 spiro atoms. The monoisotopic (exact) mass is 614 g/mol. The predicted molar refractivity (Wildman–Crippen MR) is 169 cm³/mol. The summed E-state index contributed by atoms with van der Waals surface area (Å²) in [6.45, 7) is 4.58. The Morgan fingerprint density at radius 3 is 2.42 bits per heavy atom. The van der Waals surface area contributed by atoms with Crippen LogP contribution in [0.5, 0.6) is 5.75 Å². The highest BCUT2D eigenvalue weighted by molar-refractivity contribution is 6.03. The van der Waals surface area contributed by atoms with Gasteiger partial charge >= 0.3 is 5.69 Å². The number of hydrogen-bond donors (Lipinski definition) is 3. The van der Waals surface area contributed by atoms with Crippen LogP contribution in [-0.4, -0.2) is 45.9 Å². The van der Waals surface area contributed by atoms with Gasteiger partial charge in [-0.1, -0.05) is 30.3 Å². The molecule has 1 aromatic heterocycles.